The van der Waals surface area contributed by atoms with Gasteiger partial charge in [-0.05, 0) is 18.6 Å². The largest absolute Gasteiger partial charge is 0.481 e. The predicted octanol–water partition coefficient (Wildman–Crippen LogP) is 2.73. The highest BCUT2D eigenvalue weighted by molar-refractivity contribution is 5.78. The van der Waals surface area contributed by atoms with Gasteiger partial charge in [-0.3, -0.25) is 4.79 Å². The molecule has 0 radical (unpaired) electrons. The number of nitrogens with two attached hydrogens (primary N) is 1. The van der Waals surface area contributed by atoms with Crippen LogP contribution in [0.1, 0.15) is 31.4 Å². The maximum atomic E-state index is 10.9. The summed E-state index contributed by atoms with van der Waals surface area (Å²) in [5.41, 5.74) is 6.77. The normalized spacial score (nSPS) is 14.6. The summed E-state index contributed by atoms with van der Waals surface area (Å²) in [7, 11) is 0. The van der Waals surface area contributed by atoms with Gasteiger partial charge in [0.2, 0.25) is 0 Å². The maximum absolute atomic E-state index is 10.9. The predicted molar refractivity (Wildman–Crippen MR) is 69.5 cm³/mol. The van der Waals surface area contributed by atoms with E-state index in [-0.39, 0.29) is 18.4 Å². The fourth-order valence-corrected chi connectivity index (χ4v) is 2.12. The Morgan fingerprint density at radius 1 is 1.44 bits per heavy atom. The molecule has 4 nitrogen and oxygen atoms in total. The van der Waals surface area contributed by atoms with E-state index in [0.29, 0.717) is 5.76 Å². The van der Waals surface area contributed by atoms with Crippen molar-refractivity contribution >= 4 is 16.9 Å². The Bertz CT molecular complexity index is 514. The molecule has 1 heterocycles. The zero-order valence-corrected chi connectivity index (χ0v) is 10.3. The summed E-state index contributed by atoms with van der Waals surface area (Å²) >= 11 is 0. The summed E-state index contributed by atoms with van der Waals surface area (Å²) in [6.45, 7) is 1.95. The molecule has 0 saturated heterocycles. The van der Waals surface area contributed by atoms with E-state index < -0.39 is 5.97 Å². The molecule has 0 aliphatic heterocycles. The SMILES string of the molecule is CCC(N)C(CC(=O)O)c1cc2ccccc2o1. The number of benzene rings is 1. The molecule has 0 bridgehead atoms. The molecule has 0 fully saturated rings. The fourth-order valence-electron chi connectivity index (χ4n) is 2.12. The molecule has 2 atom stereocenters. The van der Waals surface area contributed by atoms with Crippen LogP contribution >= 0.6 is 0 Å². The van der Waals surface area contributed by atoms with Crippen LogP contribution in [0.4, 0.5) is 0 Å². The van der Waals surface area contributed by atoms with E-state index in [4.69, 9.17) is 15.3 Å². The number of fused-ring (bicyclic) bond motifs is 1. The Balaban J connectivity index is 2.37. The minimum atomic E-state index is -0.857. The molecule has 0 aliphatic carbocycles. The number of hydrogen-bond donors (Lipinski definition) is 2. The van der Waals surface area contributed by atoms with Crippen molar-refractivity contribution in [2.45, 2.75) is 31.7 Å². The van der Waals surface area contributed by atoms with Crippen molar-refractivity contribution in [2.75, 3.05) is 0 Å². The van der Waals surface area contributed by atoms with Crippen LogP contribution in [0.5, 0.6) is 0 Å². The van der Waals surface area contributed by atoms with Crippen LogP contribution in [0.15, 0.2) is 34.7 Å². The van der Waals surface area contributed by atoms with Gasteiger partial charge in [-0.15, -0.1) is 0 Å². The van der Waals surface area contributed by atoms with Crippen LogP contribution in [-0.2, 0) is 4.79 Å². The highest BCUT2D eigenvalue weighted by Crippen LogP contribution is 2.29. The zero-order chi connectivity index (χ0) is 13.1. The second-order valence-corrected chi connectivity index (χ2v) is 4.46. The maximum Gasteiger partial charge on any atom is 0.304 e. The average molecular weight is 247 g/mol. The molecule has 2 unspecified atom stereocenters. The van der Waals surface area contributed by atoms with Gasteiger partial charge < -0.3 is 15.3 Å². The van der Waals surface area contributed by atoms with Crippen LogP contribution in [0.2, 0.25) is 0 Å². The monoisotopic (exact) mass is 247 g/mol. The van der Waals surface area contributed by atoms with Gasteiger partial charge in [0, 0.05) is 17.3 Å². The summed E-state index contributed by atoms with van der Waals surface area (Å²) in [6.07, 6.45) is 0.712. The van der Waals surface area contributed by atoms with Gasteiger partial charge in [-0.1, -0.05) is 25.1 Å². The van der Waals surface area contributed by atoms with Crippen molar-refractivity contribution < 1.29 is 14.3 Å². The highest BCUT2D eigenvalue weighted by Gasteiger charge is 2.25. The number of aliphatic carboxylic acids is 1. The van der Waals surface area contributed by atoms with Crippen LogP contribution in [-0.4, -0.2) is 17.1 Å². The Hall–Kier alpha value is -1.81. The van der Waals surface area contributed by atoms with E-state index in [1.54, 1.807) is 0 Å². The second-order valence-electron chi connectivity index (χ2n) is 4.46. The van der Waals surface area contributed by atoms with E-state index in [2.05, 4.69) is 0 Å². The number of carboxylic acid groups (broad SMARTS) is 1. The van der Waals surface area contributed by atoms with E-state index >= 15 is 0 Å². The third kappa shape index (κ3) is 2.54. The van der Waals surface area contributed by atoms with Crippen molar-refractivity contribution in [3.63, 3.8) is 0 Å². The molecule has 96 valence electrons. The van der Waals surface area contributed by atoms with E-state index in [1.165, 1.54) is 0 Å². The Morgan fingerprint density at radius 3 is 2.78 bits per heavy atom. The molecule has 2 aromatic rings. The minimum absolute atomic E-state index is 0.00513. The molecular weight excluding hydrogens is 230 g/mol. The standard InChI is InChI=1S/C14H17NO3/c1-2-11(15)10(8-14(16)17)13-7-9-5-3-4-6-12(9)18-13/h3-7,10-11H,2,8,15H2,1H3,(H,16,17). The Kier molecular flexibility index (Phi) is 3.67. The van der Waals surface area contributed by atoms with Crippen molar-refractivity contribution in [1.29, 1.82) is 0 Å². The summed E-state index contributed by atoms with van der Waals surface area (Å²) in [5, 5.41) is 9.95. The summed E-state index contributed by atoms with van der Waals surface area (Å²) in [5.74, 6) is -0.475. The second kappa shape index (κ2) is 5.23. The third-order valence-electron chi connectivity index (χ3n) is 3.19. The minimum Gasteiger partial charge on any atom is -0.481 e. The van der Waals surface area contributed by atoms with Gasteiger partial charge in [0.25, 0.3) is 0 Å². The number of furan rings is 1. The Labute approximate surface area is 105 Å². The number of para-hydroxylation sites is 1. The van der Waals surface area contributed by atoms with Crippen LogP contribution in [0.3, 0.4) is 0 Å². The van der Waals surface area contributed by atoms with Crippen molar-refractivity contribution in [1.82, 2.24) is 0 Å². The number of carboxylic acids is 1. The summed E-state index contributed by atoms with van der Waals surface area (Å²) in [4.78, 5) is 10.9. The van der Waals surface area contributed by atoms with Crippen molar-refractivity contribution in [3.05, 3.63) is 36.1 Å². The smallest absolute Gasteiger partial charge is 0.304 e. The first kappa shape index (κ1) is 12.6. The molecule has 0 amide bonds. The first-order valence-corrected chi connectivity index (χ1v) is 6.07. The molecule has 0 aliphatic rings. The molecule has 0 saturated carbocycles. The summed E-state index contributed by atoms with van der Waals surface area (Å²) < 4.78 is 5.71. The molecule has 4 heteroatoms. The number of carbonyl (C=O) groups is 1. The lowest BCUT2D eigenvalue weighted by Gasteiger charge is -2.18. The van der Waals surface area contributed by atoms with Gasteiger partial charge in [0.05, 0.1) is 6.42 Å². The third-order valence-corrected chi connectivity index (χ3v) is 3.19. The quantitative estimate of drug-likeness (QED) is 0.851. The topological polar surface area (TPSA) is 76.5 Å². The highest BCUT2D eigenvalue weighted by atomic mass is 16.4. The van der Waals surface area contributed by atoms with Crippen molar-refractivity contribution in [3.8, 4) is 0 Å². The number of rotatable bonds is 5. The first-order chi connectivity index (χ1) is 8.61. The first-order valence-electron chi connectivity index (χ1n) is 6.07. The Morgan fingerprint density at radius 2 is 2.17 bits per heavy atom. The van der Waals surface area contributed by atoms with E-state index in [9.17, 15) is 4.79 Å². The van der Waals surface area contributed by atoms with Gasteiger partial charge in [-0.2, -0.15) is 0 Å². The fraction of sp³-hybridized carbons (Fsp3) is 0.357. The van der Waals surface area contributed by atoms with Gasteiger partial charge in [0.15, 0.2) is 0 Å². The van der Waals surface area contributed by atoms with E-state index in [0.717, 1.165) is 17.4 Å². The summed E-state index contributed by atoms with van der Waals surface area (Å²) in [6, 6.07) is 9.31. The molecule has 1 aromatic carbocycles. The molecule has 1 aromatic heterocycles. The van der Waals surface area contributed by atoms with Crippen LogP contribution < -0.4 is 5.73 Å². The van der Waals surface area contributed by atoms with Crippen LogP contribution in [0, 0.1) is 0 Å². The lowest BCUT2D eigenvalue weighted by atomic mass is 9.92. The van der Waals surface area contributed by atoms with Gasteiger partial charge >= 0.3 is 5.97 Å². The molecule has 18 heavy (non-hydrogen) atoms. The molecule has 2 rings (SSSR count). The zero-order valence-electron chi connectivity index (χ0n) is 10.3. The van der Waals surface area contributed by atoms with Gasteiger partial charge in [0.1, 0.15) is 11.3 Å². The van der Waals surface area contributed by atoms with Crippen LogP contribution in [0.25, 0.3) is 11.0 Å². The average Bonchev–Trinajstić information content (AvgIpc) is 2.78. The molecule has 3 N–H and O–H groups in total. The van der Waals surface area contributed by atoms with E-state index in [1.807, 2.05) is 37.3 Å². The number of hydrogen-bond acceptors (Lipinski definition) is 3. The lowest BCUT2D eigenvalue weighted by Crippen LogP contribution is -2.29. The lowest BCUT2D eigenvalue weighted by molar-refractivity contribution is -0.137. The molecular formula is C14H17NO3. The van der Waals surface area contributed by atoms with Crippen molar-refractivity contribution in [2.24, 2.45) is 5.73 Å². The van der Waals surface area contributed by atoms with Gasteiger partial charge in [-0.25, -0.2) is 0 Å². The molecule has 0 spiro atoms.